The predicted octanol–water partition coefficient (Wildman–Crippen LogP) is 3.38. The molecule has 0 atom stereocenters. The number of halogens is 1. The first-order valence-corrected chi connectivity index (χ1v) is 10.0. The Morgan fingerprint density at radius 2 is 2.04 bits per heavy atom. The molecule has 3 aromatic heterocycles. The van der Waals surface area contributed by atoms with Gasteiger partial charge in [-0.25, -0.2) is 24.3 Å². The van der Waals surface area contributed by atoms with E-state index in [0.29, 0.717) is 26.9 Å². The summed E-state index contributed by atoms with van der Waals surface area (Å²) in [5.41, 5.74) is 4.03. The molecule has 4 rings (SSSR count). The highest BCUT2D eigenvalue weighted by Gasteiger charge is 2.16. The Kier molecular flexibility index (Phi) is 5.05. The van der Waals surface area contributed by atoms with Crippen LogP contribution in [0, 0.1) is 12.7 Å². The SMILES string of the molecule is COc1ncc(-n2c(SCc3ccc(F)cc3C)nc3ncsc3c2=O)cn1. The van der Waals surface area contributed by atoms with Gasteiger partial charge in [-0.1, -0.05) is 17.8 Å². The molecule has 0 N–H and O–H groups in total. The van der Waals surface area contributed by atoms with Crippen LogP contribution in [0.4, 0.5) is 4.39 Å². The molecule has 0 saturated heterocycles. The lowest BCUT2D eigenvalue weighted by Gasteiger charge is -2.12. The average Bonchev–Trinajstić information content (AvgIpc) is 3.17. The van der Waals surface area contributed by atoms with Gasteiger partial charge in [-0.05, 0) is 30.2 Å². The summed E-state index contributed by atoms with van der Waals surface area (Å²) in [4.78, 5) is 29.9. The van der Waals surface area contributed by atoms with Crippen molar-refractivity contribution >= 4 is 33.4 Å². The Morgan fingerprint density at radius 1 is 1.25 bits per heavy atom. The lowest BCUT2D eigenvalue weighted by molar-refractivity contribution is 0.379. The summed E-state index contributed by atoms with van der Waals surface area (Å²) in [5, 5.41) is 0.459. The Hall–Kier alpha value is -2.85. The first kappa shape index (κ1) is 18.5. The van der Waals surface area contributed by atoms with Crippen molar-refractivity contribution in [1.29, 1.82) is 0 Å². The van der Waals surface area contributed by atoms with Gasteiger partial charge in [0.25, 0.3) is 5.56 Å². The van der Waals surface area contributed by atoms with Gasteiger partial charge in [0, 0.05) is 5.75 Å². The largest absolute Gasteiger partial charge is 0.467 e. The van der Waals surface area contributed by atoms with Crippen LogP contribution >= 0.6 is 23.1 Å². The fourth-order valence-electron chi connectivity index (χ4n) is 2.61. The molecule has 0 radical (unpaired) electrons. The zero-order chi connectivity index (χ0) is 19.7. The normalized spacial score (nSPS) is 11.1. The zero-order valence-corrected chi connectivity index (χ0v) is 16.6. The lowest BCUT2D eigenvalue weighted by atomic mass is 10.1. The maximum atomic E-state index is 13.4. The van der Waals surface area contributed by atoms with Crippen LogP contribution in [0.3, 0.4) is 0 Å². The van der Waals surface area contributed by atoms with Gasteiger partial charge < -0.3 is 4.74 Å². The number of aromatic nitrogens is 5. The van der Waals surface area contributed by atoms with Crippen LogP contribution in [-0.4, -0.2) is 31.6 Å². The molecule has 0 unspecified atom stereocenters. The number of aryl methyl sites for hydroxylation is 1. The number of methoxy groups -OCH3 is 1. The van der Waals surface area contributed by atoms with Crippen molar-refractivity contribution in [2.75, 3.05) is 7.11 Å². The number of hydrogen-bond acceptors (Lipinski definition) is 8. The highest BCUT2D eigenvalue weighted by Crippen LogP contribution is 2.26. The molecule has 3 heterocycles. The van der Waals surface area contributed by atoms with Crippen molar-refractivity contribution in [3.8, 4) is 11.7 Å². The summed E-state index contributed by atoms with van der Waals surface area (Å²) < 4.78 is 20.3. The Balaban J connectivity index is 1.78. The molecule has 1 aromatic carbocycles. The third-order valence-corrected chi connectivity index (χ3v) is 5.85. The van der Waals surface area contributed by atoms with E-state index in [1.807, 2.05) is 6.92 Å². The van der Waals surface area contributed by atoms with Crippen LogP contribution in [0.15, 0.2) is 46.1 Å². The van der Waals surface area contributed by atoms with E-state index in [1.54, 1.807) is 11.6 Å². The number of nitrogens with zero attached hydrogens (tertiary/aromatic N) is 5. The molecule has 0 amide bonds. The first-order chi connectivity index (χ1) is 13.6. The van der Waals surface area contributed by atoms with Crippen molar-refractivity contribution in [2.45, 2.75) is 17.8 Å². The molecule has 10 heteroatoms. The smallest absolute Gasteiger partial charge is 0.316 e. The minimum atomic E-state index is -0.277. The van der Waals surface area contributed by atoms with Gasteiger partial charge in [0.05, 0.1) is 30.7 Å². The molecule has 0 spiro atoms. The summed E-state index contributed by atoms with van der Waals surface area (Å²) >= 11 is 2.60. The molecule has 7 nitrogen and oxygen atoms in total. The molecule has 0 fully saturated rings. The summed E-state index contributed by atoms with van der Waals surface area (Å²) in [6.07, 6.45) is 3.02. The van der Waals surface area contributed by atoms with Crippen molar-refractivity contribution in [3.05, 3.63) is 63.4 Å². The van der Waals surface area contributed by atoms with Gasteiger partial charge in [-0.15, -0.1) is 11.3 Å². The number of benzene rings is 1. The second-order valence-corrected chi connectivity index (χ2v) is 7.62. The number of rotatable bonds is 5. The standard InChI is InChI=1S/C18H14FN5O2S2/c1-10-5-12(19)4-3-11(10)8-27-18-23-15-14(28-9-22-15)16(25)24(18)13-6-20-17(26-2)21-7-13/h3-7,9H,8H2,1-2H3. The molecule has 4 aromatic rings. The maximum absolute atomic E-state index is 13.4. The minimum absolute atomic E-state index is 0.208. The molecule has 0 aliphatic rings. The summed E-state index contributed by atoms with van der Waals surface area (Å²) in [7, 11) is 1.47. The lowest BCUT2D eigenvalue weighted by Crippen LogP contribution is -2.21. The predicted molar refractivity (Wildman–Crippen MR) is 106 cm³/mol. The Morgan fingerprint density at radius 3 is 2.75 bits per heavy atom. The van der Waals surface area contributed by atoms with E-state index in [2.05, 4.69) is 19.9 Å². The zero-order valence-electron chi connectivity index (χ0n) is 14.9. The number of ether oxygens (including phenoxy) is 1. The van der Waals surface area contributed by atoms with E-state index < -0.39 is 0 Å². The number of fused-ring (bicyclic) bond motifs is 1. The van der Waals surface area contributed by atoms with E-state index in [0.717, 1.165) is 11.1 Å². The monoisotopic (exact) mass is 415 g/mol. The van der Waals surface area contributed by atoms with Gasteiger partial charge in [0.1, 0.15) is 10.5 Å². The summed E-state index contributed by atoms with van der Waals surface area (Å²) in [6.45, 7) is 1.85. The minimum Gasteiger partial charge on any atom is -0.467 e. The quantitative estimate of drug-likeness (QED) is 0.365. The second kappa shape index (κ2) is 7.64. The van der Waals surface area contributed by atoms with Gasteiger partial charge >= 0.3 is 6.01 Å². The van der Waals surface area contributed by atoms with E-state index in [4.69, 9.17) is 4.74 Å². The summed E-state index contributed by atoms with van der Waals surface area (Å²) in [5.74, 6) is 0.242. The fourth-order valence-corrected chi connectivity index (χ4v) is 4.34. The average molecular weight is 415 g/mol. The fraction of sp³-hybridized carbons (Fsp3) is 0.167. The van der Waals surface area contributed by atoms with E-state index >= 15 is 0 Å². The highest BCUT2D eigenvalue weighted by atomic mass is 32.2. The van der Waals surface area contributed by atoms with Crippen LogP contribution in [0.25, 0.3) is 16.0 Å². The van der Waals surface area contributed by atoms with Gasteiger partial charge in [0.15, 0.2) is 10.8 Å². The Labute approximate surface area is 167 Å². The number of hydrogen-bond donors (Lipinski definition) is 0. The molecule has 0 saturated carbocycles. The first-order valence-electron chi connectivity index (χ1n) is 8.17. The number of thioether (sulfide) groups is 1. The van der Waals surface area contributed by atoms with Gasteiger partial charge in [0.2, 0.25) is 0 Å². The van der Waals surface area contributed by atoms with Crippen LogP contribution < -0.4 is 10.3 Å². The molecule has 0 bridgehead atoms. The molecular weight excluding hydrogens is 401 g/mol. The molecule has 28 heavy (non-hydrogen) atoms. The van der Waals surface area contributed by atoms with Crippen molar-refractivity contribution in [1.82, 2.24) is 24.5 Å². The third kappa shape index (κ3) is 3.48. The van der Waals surface area contributed by atoms with E-state index in [9.17, 15) is 9.18 Å². The van der Waals surface area contributed by atoms with Gasteiger partial charge in [-0.2, -0.15) is 0 Å². The van der Waals surface area contributed by atoms with Crippen LogP contribution in [0.5, 0.6) is 6.01 Å². The van der Waals surface area contributed by atoms with Gasteiger partial charge in [-0.3, -0.25) is 9.36 Å². The topological polar surface area (TPSA) is 82.8 Å². The van der Waals surface area contributed by atoms with E-state index in [1.165, 1.54) is 59.3 Å². The molecule has 0 aliphatic heterocycles. The Bertz CT molecular complexity index is 1210. The molecule has 142 valence electrons. The van der Waals surface area contributed by atoms with Crippen LogP contribution in [0.1, 0.15) is 11.1 Å². The van der Waals surface area contributed by atoms with Crippen molar-refractivity contribution in [2.24, 2.45) is 0 Å². The molecular formula is C18H14FN5O2S2. The van der Waals surface area contributed by atoms with Crippen LogP contribution in [0.2, 0.25) is 0 Å². The third-order valence-electron chi connectivity index (χ3n) is 4.06. The van der Waals surface area contributed by atoms with Crippen molar-refractivity contribution < 1.29 is 9.13 Å². The number of thiazole rings is 1. The highest BCUT2D eigenvalue weighted by molar-refractivity contribution is 7.98. The van der Waals surface area contributed by atoms with Crippen molar-refractivity contribution in [3.63, 3.8) is 0 Å². The molecule has 0 aliphatic carbocycles. The maximum Gasteiger partial charge on any atom is 0.316 e. The summed E-state index contributed by atoms with van der Waals surface area (Å²) in [6, 6.07) is 4.85. The van der Waals surface area contributed by atoms with E-state index in [-0.39, 0.29) is 17.4 Å². The van der Waals surface area contributed by atoms with Crippen LogP contribution in [-0.2, 0) is 5.75 Å². The second-order valence-electron chi connectivity index (χ2n) is 5.83.